The molecule has 0 saturated heterocycles. The van der Waals surface area contributed by atoms with Gasteiger partial charge in [-0.25, -0.2) is 4.98 Å². The van der Waals surface area contributed by atoms with Gasteiger partial charge in [-0.2, -0.15) is 4.98 Å². The van der Waals surface area contributed by atoms with Crippen LogP contribution >= 0.6 is 0 Å². The molecule has 0 aliphatic rings. The van der Waals surface area contributed by atoms with E-state index < -0.39 is 0 Å². The monoisotopic (exact) mass is 290 g/mol. The number of ether oxygens (including phenoxy) is 3. The highest BCUT2D eigenvalue weighted by molar-refractivity contribution is 5.53. The molecule has 0 bridgehead atoms. The number of hydrogen-bond donors (Lipinski definition) is 2. The fourth-order valence-corrected chi connectivity index (χ4v) is 2.01. The fourth-order valence-electron chi connectivity index (χ4n) is 2.01. The van der Waals surface area contributed by atoms with Gasteiger partial charge in [0.1, 0.15) is 11.6 Å². The zero-order chi connectivity index (χ0) is 15.4. The third-order valence-electron chi connectivity index (χ3n) is 3.08. The fraction of sp³-hybridized carbons (Fsp3) is 0.286. The molecule has 21 heavy (non-hydrogen) atoms. The third-order valence-corrected chi connectivity index (χ3v) is 3.08. The Morgan fingerprint density at radius 1 is 0.905 bits per heavy atom. The molecule has 2 aromatic rings. The molecule has 112 valence electrons. The summed E-state index contributed by atoms with van der Waals surface area (Å²) in [6.07, 6.45) is 2.10. The molecule has 7 nitrogen and oxygen atoms in total. The normalized spacial score (nSPS) is 10.2. The van der Waals surface area contributed by atoms with E-state index in [9.17, 15) is 0 Å². The van der Waals surface area contributed by atoms with Gasteiger partial charge in [0.05, 0.1) is 21.3 Å². The highest BCUT2D eigenvalue weighted by Gasteiger charge is 2.14. The van der Waals surface area contributed by atoms with Gasteiger partial charge in [-0.1, -0.05) is 0 Å². The van der Waals surface area contributed by atoms with Gasteiger partial charge in [0.25, 0.3) is 0 Å². The Kier molecular flexibility index (Phi) is 4.32. The first-order chi connectivity index (χ1) is 10.1. The molecule has 1 aromatic carbocycles. The van der Waals surface area contributed by atoms with E-state index in [0.29, 0.717) is 29.5 Å². The predicted octanol–water partition coefficient (Wildman–Crippen LogP) is 1.26. The van der Waals surface area contributed by atoms with Crippen LogP contribution in [0.15, 0.2) is 18.3 Å². The second-order valence-electron chi connectivity index (χ2n) is 4.33. The van der Waals surface area contributed by atoms with E-state index in [0.717, 1.165) is 11.1 Å². The Labute approximate surface area is 122 Å². The van der Waals surface area contributed by atoms with Crippen molar-refractivity contribution in [1.82, 2.24) is 9.97 Å². The third kappa shape index (κ3) is 3.07. The lowest BCUT2D eigenvalue weighted by atomic mass is 10.0. The lowest BCUT2D eigenvalue weighted by molar-refractivity contribution is 0.348. The molecule has 0 spiro atoms. The van der Waals surface area contributed by atoms with Gasteiger partial charge in [-0.3, -0.25) is 0 Å². The molecule has 0 aliphatic heterocycles. The lowest BCUT2D eigenvalue weighted by Crippen LogP contribution is -2.05. The first-order valence-electron chi connectivity index (χ1n) is 6.24. The quantitative estimate of drug-likeness (QED) is 0.853. The van der Waals surface area contributed by atoms with Crippen molar-refractivity contribution >= 4 is 11.8 Å². The van der Waals surface area contributed by atoms with Crippen LogP contribution in [0.3, 0.4) is 0 Å². The molecule has 1 heterocycles. The predicted molar refractivity (Wildman–Crippen MR) is 79.8 cm³/mol. The zero-order valence-electron chi connectivity index (χ0n) is 12.2. The van der Waals surface area contributed by atoms with Crippen LogP contribution in [0.2, 0.25) is 0 Å². The number of anilines is 2. The van der Waals surface area contributed by atoms with Gasteiger partial charge in [-0.05, 0) is 6.07 Å². The van der Waals surface area contributed by atoms with Crippen LogP contribution in [-0.4, -0.2) is 31.3 Å². The van der Waals surface area contributed by atoms with Crippen LogP contribution < -0.4 is 25.7 Å². The summed E-state index contributed by atoms with van der Waals surface area (Å²) in [5.41, 5.74) is 13.0. The van der Waals surface area contributed by atoms with Crippen molar-refractivity contribution in [3.63, 3.8) is 0 Å². The largest absolute Gasteiger partial charge is 0.496 e. The van der Waals surface area contributed by atoms with E-state index >= 15 is 0 Å². The Morgan fingerprint density at radius 3 is 2.10 bits per heavy atom. The van der Waals surface area contributed by atoms with Crippen LogP contribution in [0.25, 0.3) is 0 Å². The van der Waals surface area contributed by atoms with Crippen molar-refractivity contribution in [3.05, 3.63) is 29.5 Å². The Morgan fingerprint density at radius 2 is 1.52 bits per heavy atom. The maximum absolute atomic E-state index is 5.86. The summed E-state index contributed by atoms with van der Waals surface area (Å²) in [5.74, 6) is 2.38. The van der Waals surface area contributed by atoms with Crippen molar-refractivity contribution in [2.45, 2.75) is 6.42 Å². The summed E-state index contributed by atoms with van der Waals surface area (Å²) in [4.78, 5) is 7.91. The second-order valence-corrected chi connectivity index (χ2v) is 4.33. The van der Waals surface area contributed by atoms with E-state index in [-0.39, 0.29) is 5.95 Å². The zero-order valence-corrected chi connectivity index (χ0v) is 12.2. The summed E-state index contributed by atoms with van der Waals surface area (Å²) in [7, 11) is 4.74. The Balaban J connectivity index is 2.42. The Bertz CT molecular complexity index is 646. The SMILES string of the molecule is COc1cc(OC)c(OC)cc1Cc1cnc(N)nc1N. The molecule has 0 radical (unpaired) electrons. The summed E-state index contributed by atoms with van der Waals surface area (Å²) < 4.78 is 15.9. The van der Waals surface area contributed by atoms with Crippen molar-refractivity contribution in [3.8, 4) is 17.2 Å². The smallest absolute Gasteiger partial charge is 0.221 e. The molecule has 4 N–H and O–H groups in total. The van der Waals surface area contributed by atoms with Crippen LogP contribution in [0, 0.1) is 0 Å². The van der Waals surface area contributed by atoms with E-state index in [4.69, 9.17) is 25.7 Å². The maximum atomic E-state index is 5.86. The van der Waals surface area contributed by atoms with Gasteiger partial charge < -0.3 is 25.7 Å². The molecule has 0 fully saturated rings. The van der Waals surface area contributed by atoms with Crippen molar-refractivity contribution in [2.24, 2.45) is 0 Å². The molecule has 2 rings (SSSR count). The summed E-state index contributed by atoms with van der Waals surface area (Å²) in [6.45, 7) is 0. The number of nitrogens with zero attached hydrogens (tertiary/aromatic N) is 2. The molecule has 0 aliphatic carbocycles. The van der Waals surface area contributed by atoms with Gasteiger partial charge in [-0.15, -0.1) is 0 Å². The topological polar surface area (TPSA) is 106 Å². The summed E-state index contributed by atoms with van der Waals surface area (Å²) in [6, 6.07) is 3.61. The van der Waals surface area contributed by atoms with Gasteiger partial charge in [0.15, 0.2) is 11.5 Å². The number of hydrogen-bond acceptors (Lipinski definition) is 7. The number of rotatable bonds is 5. The average Bonchev–Trinajstić information content (AvgIpc) is 2.49. The molecule has 7 heteroatoms. The van der Waals surface area contributed by atoms with Crippen molar-refractivity contribution in [1.29, 1.82) is 0 Å². The summed E-state index contributed by atoms with van der Waals surface area (Å²) in [5, 5.41) is 0. The lowest BCUT2D eigenvalue weighted by Gasteiger charge is -2.14. The summed E-state index contributed by atoms with van der Waals surface area (Å²) >= 11 is 0. The first kappa shape index (κ1) is 14.7. The minimum atomic E-state index is 0.149. The number of nitrogen functional groups attached to an aromatic ring is 2. The molecule has 0 saturated carbocycles. The van der Waals surface area contributed by atoms with E-state index in [1.165, 1.54) is 0 Å². The van der Waals surface area contributed by atoms with Crippen LogP contribution in [0.4, 0.5) is 11.8 Å². The van der Waals surface area contributed by atoms with E-state index in [1.807, 2.05) is 6.07 Å². The maximum Gasteiger partial charge on any atom is 0.221 e. The van der Waals surface area contributed by atoms with Crippen LogP contribution in [0.5, 0.6) is 17.2 Å². The van der Waals surface area contributed by atoms with E-state index in [2.05, 4.69) is 9.97 Å². The molecule has 0 unspecified atom stereocenters. The minimum Gasteiger partial charge on any atom is -0.496 e. The molecular weight excluding hydrogens is 272 g/mol. The standard InChI is InChI=1S/C14H18N4O3/c1-19-10-6-12(21-3)11(20-2)5-8(10)4-9-7-17-14(16)18-13(9)15/h5-7H,4H2,1-3H3,(H4,15,16,17,18). The van der Waals surface area contributed by atoms with Gasteiger partial charge >= 0.3 is 0 Å². The number of methoxy groups -OCH3 is 3. The van der Waals surface area contributed by atoms with Gasteiger partial charge in [0, 0.05) is 29.8 Å². The highest BCUT2D eigenvalue weighted by atomic mass is 16.5. The van der Waals surface area contributed by atoms with Gasteiger partial charge in [0.2, 0.25) is 5.95 Å². The number of nitrogens with two attached hydrogens (primary N) is 2. The molecular formula is C14H18N4O3. The number of benzene rings is 1. The van der Waals surface area contributed by atoms with Crippen LogP contribution in [0.1, 0.15) is 11.1 Å². The van der Waals surface area contributed by atoms with E-state index in [1.54, 1.807) is 33.6 Å². The second kappa shape index (κ2) is 6.17. The Hall–Kier alpha value is -2.70. The average molecular weight is 290 g/mol. The molecule has 1 aromatic heterocycles. The number of aromatic nitrogens is 2. The highest BCUT2D eigenvalue weighted by Crippen LogP contribution is 2.35. The molecule has 0 amide bonds. The van der Waals surface area contributed by atoms with Crippen molar-refractivity contribution < 1.29 is 14.2 Å². The minimum absolute atomic E-state index is 0.149. The van der Waals surface area contributed by atoms with Crippen molar-refractivity contribution in [2.75, 3.05) is 32.8 Å². The first-order valence-corrected chi connectivity index (χ1v) is 6.24. The molecule has 0 atom stereocenters. The van der Waals surface area contributed by atoms with Crippen LogP contribution in [-0.2, 0) is 6.42 Å².